The van der Waals surface area contributed by atoms with Crippen molar-refractivity contribution in [3.63, 3.8) is 0 Å². The monoisotopic (exact) mass is 304 g/mol. The Balaban J connectivity index is 1.93. The topological polar surface area (TPSA) is 55.9 Å². The zero-order valence-electron chi connectivity index (χ0n) is 11.9. The standard InChI is InChI=1S/C15H17ClN4O/c1-10(2)20-15(11(16)7-18-20)14(21)8-19-9-17-12-5-3-4-6-13(12)19/h3-7,9-10,14,21H,8H2,1-2H3. The Labute approximate surface area is 127 Å². The molecule has 1 aromatic carbocycles. The first kappa shape index (κ1) is 14.1. The Morgan fingerprint density at radius 3 is 2.81 bits per heavy atom. The fourth-order valence-corrected chi connectivity index (χ4v) is 2.76. The molecule has 0 saturated carbocycles. The summed E-state index contributed by atoms with van der Waals surface area (Å²) < 4.78 is 3.68. The van der Waals surface area contributed by atoms with Crippen LogP contribution < -0.4 is 0 Å². The summed E-state index contributed by atoms with van der Waals surface area (Å²) >= 11 is 6.17. The fourth-order valence-electron chi connectivity index (χ4n) is 2.50. The molecule has 0 bridgehead atoms. The summed E-state index contributed by atoms with van der Waals surface area (Å²) in [5.41, 5.74) is 2.54. The molecular weight excluding hydrogens is 288 g/mol. The van der Waals surface area contributed by atoms with Crippen LogP contribution in [0.15, 0.2) is 36.8 Å². The predicted molar refractivity (Wildman–Crippen MR) is 82.3 cm³/mol. The van der Waals surface area contributed by atoms with Crippen molar-refractivity contribution in [2.45, 2.75) is 32.5 Å². The molecule has 3 aromatic rings. The van der Waals surface area contributed by atoms with Crippen LogP contribution in [0, 0.1) is 0 Å². The average Bonchev–Trinajstić information content (AvgIpc) is 3.03. The number of rotatable bonds is 4. The highest BCUT2D eigenvalue weighted by Crippen LogP contribution is 2.27. The molecule has 5 nitrogen and oxygen atoms in total. The third-order valence-electron chi connectivity index (χ3n) is 3.49. The molecule has 0 saturated heterocycles. The number of aliphatic hydroxyl groups excluding tert-OH is 1. The number of hydrogen-bond donors (Lipinski definition) is 1. The van der Waals surface area contributed by atoms with Gasteiger partial charge in [0.05, 0.1) is 40.8 Å². The van der Waals surface area contributed by atoms with Gasteiger partial charge in [-0.25, -0.2) is 4.98 Å². The van der Waals surface area contributed by atoms with E-state index in [1.54, 1.807) is 17.2 Å². The van der Waals surface area contributed by atoms with Gasteiger partial charge in [0.15, 0.2) is 0 Å². The number of para-hydroxylation sites is 2. The minimum Gasteiger partial charge on any atom is -0.385 e. The fraction of sp³-hybridized carbons (Fsp3) is 0.333. The van der Waals surface area contributed by atoms with Crippen molar-refractivity contribution in [1.82, 2.24) is 19.3 Å². The first-order valence-electron chi connectivity index (χ1n) is 6.88. The molecule has 1 unspecified atom stereocenters. The summed E-state index contributed by atoms with van der Waals surface area (Å²) in [6, 6.07) is 7.97. The van der Waals surface area contributed by atoms with E-state index >= 15 is 0 Å². The van der Waals surface area contributed by atoms with E-state index in [-0.39, 0.29) is 6.04 Å². The van der Waals surface area contributed by atoms with Gasteiger partial charge in [0, 0.05) is 6.04 Å². The third kappa shape index (κ3) is 2.54. The van der Waals surface area contributed by atoms with Crippen LogP contribution in [0.4, 0.5) is 0 Å². The van der Waals surface area contributed by atoms with E-state index in [4.69, 9.17) is 11.6 Å². The van der Waals surface area contributed by atoms with E-state index in [9.17, 15) is 5.11 Å². The summed E-state index contributed by atoms with van der Waals surface area (Å²) in [6.07, 6.45) is 2.57. The molecule has 0 aliphatic rings. The van der Waals surface area contributed by atoms with Crippen LogP contribution in [0.2, 0.25) is 5.02 Å². The molecule has 0 spiro atoms. The van der Waals surface area contributed by atoms with Crippen molar-refractivity contribution in [2.75, 3.05) is 0 Å². The second-order valence-corrected chi connectivity index (χ2v) is 5.72. The van der Waals surface area contributed by atoms with Gasteiger partial charge in [0.1, 0.15) is 6.10 Å². The Hall–Kier alpha value is -1.85. The Bertz CT molecular complexity index is 762. The Morgan fingerprint density at radius 2 is 2.05 bits per heavy atom. The van der Waals surface area contributed by atoms with Gasteiger partial charge in [0.2, 0.25) is 0 Å². The number of halogens is 1. The molecule has 1 N–H and O–H groups in total. The Morgan fingerprint density at radius 1 is 1.29 bits per heavy atom. The first-order valence-corrected chi connectivity index (χ1v) is 7.26. The molecule has 1 atom stereocenters. The second-order valence-electron chi connectivity index (χ2n) is 5.32. The normalized spacial score (nSPS) is 13.2. The maximum Gasteiger partial charge on any atom is 0.115 e. The molecule has 0 aliphatic carbocycles. The van der Waals surface area contributed by atoms with Crippen molar-refractivity contribution < 1.29 is 5.11 Å². The smallest absolute Gasteiger partial charge is 0.115 e. The van der Waals surface area contributed by atoms with Crippen molar-refractivity contribution in [3.05, 3.63) is 47.5 Å². The number of aliphatic hydroxyl groups is 1. The van der Waals surface area contributed by atoms with Crippen LogP contribution in [0.3, 0.4) is 0 Å². The van der Waals surface area contributed by atoms with E-state index in [2.05, 4.69) is 10.1 Å². The zero-order valence-corrected chi connectivity index (χ0v) is 12.7. The van der Waals surface area contributed by atoms with Crippen LogP contribution in [-0.2, 0) is 6.54 Å². The number of fused-ring (bicyclic) bond motifs is 1. The first-order chi connectivity index (χ1) is 10.1. The average molecular weight is 305 g/mol. The summed E-state index contributed by atoms with van der Waals surface area (Å²) in [5.74, 6) is 0. The van der Waals surface area contributed by atoms with E-state index in [0.717, 1.165) is 11.0 Å². The number of hydrogen-bond acceptors (Lipinski definition) is 3. The molecule has 0 radical (unpaired) electrons. The van der Waals surface area contributed by atoms with Crippen LogP contribution in [0.1, 0.15) is 31.7 Å². The van der Waals surface area contributed by atoms with E-state index in [1.807, 2.05) is 42.7 Å². The van der Waals surface area contributed by atoms with Crippen molar-refractivity contribution in [1.29, 1.82) is 0 Å². The Kier molecular flexibility index (Phi) is 3.69. The lowest BCUT2D eigenvalue weighted by Crippen LogP contribution is -2.15. The van der Waals surface area contributed by atoms with Gasteiger partial charge in [-0.05, 0) is 26.0 Å². The highest BCUT2D eigenvalue weighted by molar-refractivity contribution is 6.31. The molecule has 110 valence electrons. The van der Waals surface area contributed by atoms with Gasteiger partial charge in [-0.3, -0.25) is 4.68 Å². The molecule has 3 rings (SSSR count). The van der Waals surface area contributed by atoms with E-state index in [0.29, 0.717) is 17.3 Å². The van der Waals surface area contributed by atoms with Crippen molar-refractivity contribution >= 4 is 22.6 Å². The van der Waals surface area contributed by atoms with Crippen molar-refractivity contribution in [3.8, 4) is 0 Å². The van der Waals surface area contributed by atoms with Gasteiger partial charge in [0.25, 0.3) is 0 Å². The summed E-state index contributed by atoms with van der Waals surface area (Å²) in [7, 11) is 0. The maximum atomic E-state index is 10.6. The van der Waals surface area contributed by atoms with Gasteiger partial charge in [-0.1, -0.05) is 23.7 Å². The minimum absolute atomic E-state index is 0.140. The second kappa shape index (κ2) is 5.50. The maximum absolute atomic E-state index is 10.6. The largest absolute Gasteiger partial charge is 0.385 e. The van der Waals surface area contributed by atoms with Crippen LogP contribution in [-0.4, -0.2) is 24.4 Å². The van der Waals surface area contributed by atoms with Gasteiger partial charge in [-0.2, -0.15) is 5.10 Å². The van der Waals surface area contributed by atoms with Gasteiger partial charge < -0.3 is 9.67 Å². The molecule has 2 heterocycles. The zero-order chi connectivity index (χ0) is 15.0. The van der Waals surface area contributed by atoms with Crippen LogP contribution >= 0.6 is 11.6 Å². The molecule has 0 amide bonds. The SMILES string of the molecule is CC(C)n1ncc(Cl)c1C(O)Cn1cnc2ccccc21. The lowest BCUT2D eigenvalue weighted by molar-refractivity contribution is 0.145. The molecule has 2 aromatic heterocycles. The number of benzene rings is 1. The molecular formula is C15H17ClN4O. The lowest BCUT2D eigenvalue weighted by atomic mass is 10.2. The molecule has 0 fully saturated rings. The van der Waals surface area contributed by atoms with Crippen LogP contribution in [0.25, 0.3) is 11.0 Å². The van der Waals surface area contributed by atoms with E-state index in [1.165, 1.54) is 0 Å². The lowest BCUT2D eigenvalue weighted by Gasteiger charge is -2.17. The van der Waals surface area contributed by atoms with Crippen molar-refractivity contribution in [2.24, 2.45) is 0 Å². The summed E-state index contributed by atoms with van der Waals surface area (Å²) in [6.45, 7) is 4.40. The highest BCUT2D eigenvalue weighted by atomic mass is 35.5. The summed E-state index contributed by atoms with van der Waals surface area (Å²) in [4.78, 5) is 4.33. The minimum atomic E-state index is -0.736. The predicted octanol–water partition coefficient (Wildman–Crippen LogP) is 3.20. The van der Waals surface area contributed by atoms with Gasteiger partial charge in [-0.15, -0.1) is 0 Å². The molecule has 21 heavy (non-hydrogen) atoms. The molecule has 0 aliphatic heterocycles. The number of nitrogens with zero attached hydrogens (tertiary/aromatic N) is 4. The van der Waals surface area contributed by atoms with Gasteiger partial charge >= 0.3 is 0 Å². The molecule has 6 heteroatoms. The highest BCUT2D eigenvalue weighted by Gasteiger charge is 2.20. The van der Waals surface area contributed by atoms with E-state index < -0.39 is 6.10 Å². The van der Waals surface area contributed by atoms with Crippen LogP contribution in [0.5, 0.6) is 0 Å². The quantitative estimate of drug-likeness (QED) is 0.805. The number of imidazole rings is 1. The third-order valence-corrected chi connectivity index (χ3v) is 3.78. The number of aromatic nitrogens is 4. The summed E-state index contributed by atoms with van der Waals surface area (Å²) in [5, 5.41) is 15.3.